The average molecular weight is 462 g/mol. The fourth-order valence-electron chi connectivity index (χ4n) is 2.28. The summed E-state index contributed by atoms with van der Waals surface area (Å²) in [5, 5.41) is 11.0. The van der Waals surface area contributed by atoms with E-state index in [1.54, 1.807) is 24.3 Å². The number of thioether (sulfide) groups is 1. The number of carbonyl (C=O) groups excluding carboxylic acids is 2. The summed E-state index contributed by atoms with van der Waals surface area (Å²) in [4.78, 5) is 23.5. The molecule has 9 heteroatoms. The molecule has 1 amide bonds. The number of carbonyl (C=O) groups is 2. The van der Waals surface area contributed by atoms with Crippen molar-refractivity contribution in [2.45, 2.75) is 11.6 Å². The number of benzene rings is 2. The lowest BCUT2D eigenvalue weighted by Crippen LogP contribution is -2.14. The SMILES string of the molecule is COC(=O)c1ccc(NC(=O)CSc2nnc(Cc3ccc(Br)cc3)o2)cc1. The van der Waals surface area contributed by atoms with Crippen LogP contribution in [0.5, 0.6) is 0 Å². The maximum Gasteiger partial charge on any atom is 0.337 e. The molecule has 0 aliphatic rings. The van der Waals surface area contributed by atoms with Gasteiger partial charge in [0.25, 0.3) is 5.22 Å². The molecule has 1 aromatic heterocycles. The maximum atomic E-state index is 12.1. The quantitative estimate of drug-likeness (QED) is 0.420. The van der Waals surface area contributed by atoms with Gasteiger partial charge in [-0.05, 0) is 42.0 Å². The number of hydrogen-bond donors (Lipinski definition) is 1. The minimum atomic E-state index is -0.427. The van der Waals surface area contributed by atoms with Gasteiger partial charge in [-0.25, -0.2) is 4.79 Å². The van der Waals surface area contributed by atoms with Gasteiger partial charge in [0.15, 0.2) is 0 Å². The van der Waals surface area contributed by atoms with Crippen molar-refractivity contribution in [2.24, 2.45) is 0 Å². The van der Waals surface area contributed by atoms with E-state index in [1.807, 2.05) is 24.3 Å². The highest BCUT2D eigenvalue weighted by atomic mass is 79.9. The van der Waals surface area contributed by atoms with Gasteiger partial charge in [0.2, 0.25) is 11.8 Å². The monoisotopic (exact) mass is 461 g/mol. The molecule has 0 aliphatic carbocycles. The normalized spacial score (nSPS) is 10.5. The number of anilines is 1. The Morgan fingerprint density at radius 1 is 1.11 bits per heavy atom. The molecule has 0 bridgehead atoms. The molecule has 0 aliphatic heterocycles. The molecular weight excluding hydrogens is 446 g/mol. The minimum Gasteiger partial charge on any atom is -0.465 e. The number of rotatable bonds is 7. The number of methoxy groups -OCH3 is 1. The predicted molar refractivity (Wildman–Crippen MR) is 108 cm³/mol. The third-order valence-corrected chi connectivity index (χ3v) is 4.98. The van der Waals surface area contributed by atoms with Crippen LogP contribution in [0.3, 0.4) is 0 Å². The second-order valence-electron chi connectivity index (χ2n) is 5.67. The van der Waals surface area contributed by atoms with Gasteiger partial charge in [0.1, 0.15) is 0 Å². The van der Waals surface area contributed by atoms with Crippen molar-refractivity contribution in [2.75, 3.05) is 18.2 Å². The summed E-state index contributed by atoms with van der Waals surface area (Å²) in [6, 6.07) is 14.3. The summed E-state index contributed by atoms with van der Waals surface area (Å²) in [7, 11) is 1.32. The van der Waals surface area contributed by atoms with Crippen molar-refractivity contribution in [1.82, 2.24) is 10.2 Å². The van der Waals surface area contributed by atoms with Crippen LogP contribution in [0.15, 0.2) is 62.6 Å². The zero-order chi connectivity index (χ0) is 19.9. The summed E-state index contributed by atoms with van der Waals surface area (Å²) < 4.78 is 11.2. The number of nitrogens with zero attached hydrogens (tertiary/aromatic N) is 2. The van der Waals surface area contributed by atoms with Crippen LogP contribution >= 0.6 is 27.7 Å². The standard InChI is InChI=1S/C19H16BrN3O4S/c1-26-18(25)13-4-8-15(9-5-13)21-16(24)11-28-19-23-22-17(27-19)10-12-2-6-14(20)7-3-12/h2-9H,10-11H2,1H3,(H,21,24). The van der Waals surface area contributed by atoms with Gasteiger partial charge in [0, 0.05) is 10.2 Å². The first kappa shape index (κ1) is 20.1. The molecular formula is C19H16BrN3O4S. The maximum absolute atomic E-state index is 12.1. The molecule has 144 valence electrons. The van der Waals surface area contributed by atoms with E-state index in [2.05, 4.69) is 36.2 Å². The topological polar surface area (TPSA) is 94.3 Å². The summed E-state index contributed by atoms with van der Waals surface area (Å²) in [6.45, 7) is 0. The van der Waals surface area contributed by atoms with Crippen LogP contribution in [0.1, 0.15) is 21.8 Å². The largest absolute Gasteiger partial charge is 0.465 e. The van der Waals surface area contributed by atoms with E-state index in [1.165, 1.54) is 7.11 Å². The molecule has 0 unspecified atom stereocenters. The lowest BCUT2D eigenvalue weighted by molar-refractivity contribution is -0.113. The molecule has 1 N–H and O–H groups in total. The Bertz CT molecular complexity index is 958. The first-order valence-corrected chi connectivity index (χ1v) is 9.99. The Hall–Kier alpha value is -2.65. The number of halogens is 1. The van der Waals surface area contributed by atoms with E-state index in [0.717, 1.165) is 21.8 Å². The van der Waals surface area contributed by atoms with Crippen molar-refractivity contribution < 1.29 is 18.7 Å². The zero-order valence-corrected chi connectivity index (χ0v) is 17.2. The molecule has 0 saturated carbocycles. The van der Waals surface area contributed by atoms with E-state index < -0.39 is 5.97 Å². The zero-order valence-electron chi connectivity index (χ0n) is 14.8. The first-order valence-electron chi connectivity index (χ1n) is 8.21. The van der Waals surface area contributed by atoms with E-state index in [9.17, 15) is 9.59 Å². The lowest BCUT2D eigenvalue weighted by Gasteiger charge is -2.05. The van der Waals surface area contributed by atoms with Crippen LogP contribution in [-0.4, -0.2) is 34.9 Å². The molecule has 2 aromatic carbocycles. The highest BCUT2D eigenvalue weighted by Crippen LogP contribution is 2.19. The third-order valence-electron chi connectivity index (χ3n) is 3.63. The van der Waals surface area contributed by atoms with Crippen LogP contribution < -0.4 is 5.32 Å². The van der Waals surface area contributed by atoms with Crippen LogP contribution in [-0.2, 0) is 16.0 Å². The molecule has 0 spiro atoms. The van der Waals surface area contributed by atoms with Crippen LogP contribution in [0.25, 0.3) is 0 Å². The van der Waals surface area contributed by atoms with Crippen LogP contribution in [0.4, 0.5) is 5.69 Å². The molecule has 1 heterocycles. The summed E-state index contributed by atoms with van der Waals surface area (Å²) in [5.41, 5.74) is 2.05. The Morgan fingerprint density at radius 3 is 2.50 bits per heavy atom. The second-order valence-corrected chi connectivity index (χ2v) is 7.51. The molecule has 3 rings (SSSR count). The van der Waals surface area contributed by atoms with Crippen molar-refractivity contribution in [3.05, 3.63) is 70.0 Å². The number of esters is 1. The molecule has 0 radical (unpaired) electrons. The van der Waals surface area contributed by atoms with Gasteiger partial charge < -0.3 is 14.5 Å². The van der Waals surface area contributed by atoms with Gasteiger partial charge in [0.05, 0.1) is 24.8 Å². The van der Waals surface area contributed by atoms with Gasteiger partial charge in [-0.1, -0.05) is 39.8 Å². The Morgan fingerprint density at radius 2 is 1.82 bits per heavy atom. The molecule has 0 saturated heterocycles. The molecule has 3 aromatic rings. The Labute approximate surface area is 174 Å². The smallest absolute Gasteiger partial charge is 0.337 e. The molecule has 28 heavy (non-hydrogen) atoms. The lowest BCUT2D eigenvalue weighted by atomic mass is 10.2. The van der Waals surface area contributed by atoms with Crippen LogP contribution in [0.2, 0.25) is 0 Å². The fourth-order valence-corrected chi connectivity index (χ4v) is 3.12. The third kappa shape index (κ3) is 5.67. The fraction of sp³-hybridized carbons (Fsp3) is 0.158. The van der Waals surface area contributed by atoms with Crippen molar-refractivity contribution >= 4 is 45.3 Å². The number of ether oxygens (including phenoxy) is 1. The predicted octanol–water partition coefficient (Wildman–Crippen LogP) is 3.94. The van der Waals surface area contributed by atoms with Crippen molar-refractivity contribution in [3.63, 3.8) is 0 Å². The molecule has 0 fully saturated rings. The van der Waals surface area contributed by atoms with E-state index in [0.29, 0.717) is 28.8 Å². The summed E-state index contributed by atoms with van der Waals surface area (Å²) in [6.07, 6.45) is 0.527. The minimum absolute atomic E-state index is 0.124. The van der Waals surface area contributed by atoms with Gasteiger partial charge >= 0.3 is 5.97 Å². The van der Waals surface area contributed by atoms with Gasteiger partial charge in [-0.2, -0.15) is 0 Å². The first-order chi connectivity index (χ1) is 13.5. The second kappa shape index (κ2) is 9.52. The number of nitrogens with one attached hydrogen (secondary N) is 1. The Balaban J connectivity index is 1.49. The van der Waals surface area contributed by atoms with Gasteiger partial charge in [-0.3, -0.25) is 4.79 Å². The number of amides is 1. The Kier molecular flexibility index (Phi) is 6.83. The van der Waals surface area contributed by atoms with Crippen LogP contribution in [0, 0.1) is 0 Å². The number of hydrogen-bond acceptors (Lipinski definition) is 7. The molecule has 7 nitrogen and oxygen atoms in total. The molecule has 0 atom stereocenters. The highest BCUT2D eigenvalue weighted by molar-refractivity contribution is 9.10. The van der Waals surface area contributed by atoms with Crippen molar-refractivity contribution in [3.8, 4) is 0 Å². The summed E-state index contributed by atoms with van der Waals surface area (Å²) in [5.74, 6) is -0.0329. The highest BCUT2D eigenvalue weighted by Gasteiger charge is 2.11. The van der Waals surface area contributed by atoms with Crippen molar-refractivity contribution in [1.29, 1.82) is 0 Å². The van der Waals surface area contributed by atoms with E-state index in [-0.39, 0.29) is 11.7 Å². The van der Waals surface area contributed by atoms with E-state index in [4.69, 9.17) is 4.42 Å². The number of aromatic nitrogens is 2. The average Bonchev–Trinajstić information content (AvgIpc) is 3.15. The summed E-state index contributed by atoms with van der Waals surface area (Å²) >= 11 is 4.55. The van der Waals surface area contributed by atoms with E-state index >= 15 is 0 Å². The van der Waals surface area contributed by atoms with Gasteiger partial charge in [-0.15, -0.1) is 10.2 Å².